The number of hydrogen-bond acceptors (Lipinski definition) is 7. The second-order valence-corrected chi connectivity index (χ2v) is 8.25. The van der Waals surface area contributed by atoms with E-state index >= 15 is 0 Å². The zero-order valence-electron chi connectivity index (χ0n) is 19.4. The summed E-state index contributed by atoms with van der Waals surface area (Å²) in [6.45, 7) is 7.09. The summed E-state index contributed by atoms with van der Waals surface area (Å²) in [4.78, 5) is 39.4. The van der Waals surface area contributed by atoms with E-state index in [9.17, 15) is 24.1 Å². The van der Waals surface area contributed by atoms with Crippen LogP contribution in [0.15, 0.2) is 42.5 Å². The Bertz CT molecular complexity index is 1050. The van der Waals surface area contributed by atoms with Gasteiger partial charge in [-0.2, -0.15) is 0 Å². The van der Waals surface area contributed by atoms with Gasteiger partial charge in [-0.1, -0.05) is 12.1 Å². The third-order valence-electron chi connectivity index (χ3n) is 5.75. The number of benzene rings is 2. The molecule has 1 saturated heterocycles. The van der Waals surface area contributed by atoms with E-state index in [2.05, 4.69) is 4.90 Å². The molecule has 0 N–H and O–H groups in total. The van der Waals surface area contributed by atoms with Gasteiger partial charge in [0.15, 0.2) is 12.4 Å². The van der Waals surface area contributed by atoms with E-state index in [0.29, 0.717) is 19.6 Å². The maximum absolute atomic E-state index is 13.2. The van der Waals surface area contributed by atoms with Crippen LogP contribution in [0.5, 0.6) is 5.75 Å². The van der Waals surface area contributed by atoms with Crippen LogP contribution in [0, 0.1) is 15.9 Å². The standard InChI is InChI=1S/C24H28FN3O6/c1-4-33-24(30)19-7-10-22(21(11-19)28(31)32)34-15-23(29)27-13-16(2)26(12-17(27)3)14-18-5-8-20(25)9-6-18/h5-11,16-17H,4,12-15H2,1-3H3. The molecule has 0 radical (unpaired) electrons. The molecule has 2 unspecified atom stereocenters. The molecule has 1 aliphatic heterocycles. The minimum Gasteiger partial charge on any atom is -0.477 e. The van der Waals surface area contributed by atoms with E-state index in [1.807, 2.05) is 13.8 Å². The Balaban J connectivity index is 1.62. The Morgan fingerprint density at radius 3 is 2.47 bits per heavy atom. The van der Waals surface area contributed by atoms with E-state index in [-0.39, 0.29) is 48.3 Å². The molecule has 3 rings (SSSR count). The fourth-order valence-electron chi connectivity index (χ4n) is 3.94. The number of ether oxygens (including phenoxy) is 2. The number of carbonyl (C=O) groups excluding carboxylic acids is 2. The summed E-state index contributed by atoms with van der Waals surface area (Å²) in [6.07, 6.45) is 0. The molecule has 1 amide bonds. The van der Waals surface area contributed by atoms with Gasteiger partial charge in [0.05, 0.1) is 17.1 Å². The second kappa shape index (κ2) is 11.1. The van der Waals surface area contributed by atoms with Crippen molar-refractivity contribution < 1.29 is 28.4 Å². The van der Waals surface area contributed by atoms with Crippen LogP contribution < -0.4 is 4.74 Å². The van der Waals surface area contributed by atoms with Crippen molar-refractivity contribution in [2.24, 2.45) is 0 Å². The Labute approximate surface area is 197 Å². The van der Waals surface area contributed by atoms with Gasteiger partial charge < -0.3 is 14.4 Å². The molecule has 2 atom stereocenters. The highest BCUT2D eigenvalue weighted by atomic mass is 19.1. The fourth-order valence-corrected chi connectivity index (χ4v) is 3.94. The van der Waals surface area contributed by atoms with Crippen molar-refractivity contribution in [1.29, 1.82) is 0 Å². The summed E-state index contributed by atoms with van der Waals surface area (Å²) in [6, 6.07) is 10.1. The summed E-state index contributed by atoms with van der Waals surface area (Å²) in [5, 5.41) is 11.5. The largest absolute Gasteiger partial charge is 0.477 e. The van der Waals surface area contributed by atoms with Gasteiger partial charge in [0.1, 0.15) is 5.82 Å². The minimum absolute atomic E-state index is 0.0342. The first-order valence-electron chi connectivity index (χ1n) is 11.1. The number of esters is 1. The van der Waals surface area contributed by atoms with Gasteiger partial charge in [0, 0.05) is 37.8 Å². The molecule has 1 fully saturated rings. The zero-order chi connectivity index (χ0) is 24.8. The fraction of sp³-hybridized carbons (Fsp3) is 0.417. The molecular formula is C24H28FN3O6. The average Bonchev–Trinajstić information content (AvgIpc) is 2.81. The topological polar surface area (TPSA) is 102 Å². The van der Waals surface area contributed by atoms with Crippen LogP contribution >= 0.6 is 0 Å². The molecule has 0 saturated carbocycles. The number of rotatable bonds is 8. The van der Waals surface area contributed by atoms with Crippen LogP contribution in [-0.4, -0.2) is 65.0 Å². The van der Waals surface area contributed by atoms with Crippen molar-refractivity contribution in [3.05, 3.63) is 69.5 Å². The lowest BCUT2D eigenvalue weighted by Crippen LogP contribution is -2.58. The lowest BCUT2D eigenvalue weighted by molar-refractivity contribution is -0.385. The molecular weight excluding hydrogens is 445 g/mol. The van der Waals surface area contributed by atoms with Crippen LogP contribution in [0.25, 0.3) is 0 Å². The lowest BCUT2D eigenvalue weighted by atomic mass is 10.1. The number of carbonyl (C=O) groups is 2. The molecule has 9 nitrogen and oxygen atoms in total. The Kier molecular flexibility index (Phi) is 8.17. The Morgan fingerprint density at radius 2 is 1.82 bits per heavy atom. The number of hydrogen-bond donors (Lipinski definition) is 0. The van der Waals surface area contributed by atoms with E-state index in [0.717, 1.165) is 11.6 Å². The highest BCUT2D eigenvalue weighted by Crippen LogP contribution is 2.28. The van der Waals surface area contributed by atoms with Crippen LogP contribution in [0.2, 0.25) is 0 Å². The third kappa shape index (κ3) is 6.07. The van der Waals surface area contributed by atoms with Crippen molar-refractivity contribution in [2.75, 3.05) is 26.3 Å². The highest BCUT2D eigenvalue weighted by Gasteiger charge is 2.32. The monoisotopic (exact) mass is 473 g/mol. The van der Waals surface area contributed by atoms with Gasteiger partial charge in [0.2, 0.25) is 0 Å². The summed E-state index contributed by atoms with van der Waals surface area (Å²) in [5.74, 6) is -1.34. The SMILES string of the molecule is CCOC(=O)c1ccc(OCC(=O)N2CC(C)N(Cc3ccc(F)cc3)CC2C)c([N+](=O)[O-])c1. The van der Waals surface area contributed by atoms with Gasteiger partial charge in [-0.3, -0.25) is 19.8 Å². The van der Waals surface area contributed by atoms with E-state index in [1.54, 1.807) is 24.0 Å². The smallest absolute Gasteiger partial charge is 0.338 e. The van der Waals surface area contributed by atoms with Crippen LogP contribution in [0.1, 0.15) is 36.7 Å². The van der Waals surface area contributed by atoms with Crippen LogP contribution in [-0.2, 0) is 16.1 Å². The number of amides is 1. The Morgan fingerprint density at radius 1 is 1.12 bits per heavy atom. The molecule has 182 valence electrons. The van der Waals surface area contributed by atoms with Gasteiger partial charge >= 0.3 is 11.7 Å². The van der Waals surface area contributed by atoms with Crippen molar-refractivity contribution in [1.82, 2.24) is 9.80 Å². The summed E-state index contributed by atoms with van der Waals surface area (Å²) < 4.78 is 23.5. The zero-order valence-corrected chi connectivity index (χ0v) is 19.4. The van der Waals surface area contributed by atoms with Crippen molar-refractivity contribution in [3.63, 3.8) is 0 Å². The van der Waals surface area contributed by atoms with Crippen molar-refractivity contribution in [2.45, 2.75) is 39.4 Å². The number of halogens is 1. The molecule has 2 aromatic rings. The molecule has 2 aromatic carbocycles. The van der Waals surface area contributed by atoms with Gasteiger partial charge in [-0.25, -0.2) is 9.18 Å². The maximum atomic E-state index is 13.2. The average molecular weight is 474 g/mol. The van der Waals surface area contributed by atoms with Gasteiger partial charge in [0.25, 0.3) is 5.91 Å². The van der Waals surface area contributed by atoms with E-state index < -0.39 is 16.6 Å². The second-order valence-electron chi connectivity index (χ2n) is 8.25. The van der Waals surface area contributed by atoms with Gasteiger partial charge in [-0.15, -0.1) is 0 Å². The number of nitro benzene ring substituents is 1. The van der Waals surface area contributed by atoms with E-state index in [4.69, 9.17) is 9.47 Å². The van der Waals surface area contributed by atoms with Crippen molar-refractivity contribution >= 4 is 17.6 Å². The number of nitrogens with zero attached hydrogens (tertiary/aromatic N) is 3. The first kappa shape index (κ1) is 25.1. The minimum atomic E-state index is -0.672. The van der Waals surface area contributed by atoms with Crippen LogP contribution in [0.3, 0.4) is 0 Å². The third-order valence-corrected chi connectivity index (χ3v) is 5.75. The lowest BCUT2D eigenvalue weighted by Gasteiger charge is -2.44. The number of nitro groups is 1. The molecule has 0 aliphatic carbocycles. The quantitative estimate of drug-likeness (QED) is 0.329. The van der Waals surface area contributed by atoms with Crippen LogP contribution in [0.4, 0.5) is 10.1 Å². The normalized spacial score (nSPS) is 18.4. The molecule has 0 aromatic heterocycles. The maximum Gasteiger partial charge on any atom is 0.338 e. The highest BCUT2D eigenvalue weighted by molar-refractivity contribution is 5.90. The summed E-state index contributed by atoms with van der Waals surface area (Å²) in [7, 11) is 0. The molecule has 0 bridgehead atoms. The van der Waals surface area contributed by atoms with Gasteiger partial charge in [-0.05, 0) is 50.6 Å². The first-order chi connectivity index (χ1) is 16.2. The van der Waals surface area contributed by atoms with E-state index in [1.165, 1.54) is 24.3 Å². The number of piperazine rings is 1. The van der Waals surface area contributed by atoms with Crippen molar-refractivity contribution in [3.8, 4) is 5.75 Å². The molecule has 10 heteroatoms. The predicted molar refractivity (Wildman–Crippen MR) is 122 cm³/mol. The predicted octanol–water partition coefficient (Wildman–Crippen LogP) is 3.41. The molecule has 1 heterocycles. The first-order valence-corrected chi connectivity index (χ1v) is 11.1. The summed E-state index contributed by atoms with van der Waals surface area (Å²) >= 11 is 0. The molecule has 0 spiro atoms. The Hall–Kier alpha value is -3.53. The summed E-state index contributed by atoms with van der Waals surface area (Å²) in [5.41, 5.74) is 0.609. The molecule has 1 aliphatic rings. The molecule has 34 heavy (non-hydrogen) atoms.